The molecule has 0 spiro atoms. The van der Waals surface area contributed by atoms with Crippen LogP contribution in [0.4, 0.5) is 5.69 Å². The van der Waals surface area contributed by atoms with Crippen molar-refractivity contribution in [1.82, 2.24) is 4.72 Å². The van der Waals surface area contributed by atoms with Crippen LogP contribution in [0.2, 0.25) is 5.02 Å². The zero-order valence-electron chi connectivity index (χ0n) is 12.8. The maximum absolute atomic E-state index is 12.2. The van der Waals surface area contributed by atoms with Crippen molar-refractivity contribution in [3.05, 3.63) is 58.6 Å². The van der Waals surface area contributed by atoms with E-state index in [-0.39, 0.29) is 10.8 Å². The first-order valence-electron chi connectivity index (χ1n) is 7.00. The SMILES string of the molecule is CCNS(=O)(=O)c1ccc(C(=O)Nc2cc(Cl)ccc2C)cc1. The first-order valence-corrected chi connectivity index (χ1v) is 8.87. The smallest absolute Gasteiger partial charge is 0.255 e. The van der Waals surface area contributed by atoms with E-state index in [0.29, 0.717) is 22.8 Å². The number of sulfonamides is 1. The fraction of sp³-hybridized carbons (Fsp3) is 0.188. The molecule has 0 fully saturated rings. The average Bonchev–Trinajstić information content (AvgIpc) is 2.51. The number of rotatable bonds is 5. The minimum atomic E-state index is -3.52. The maximum Gasteiger partial charge on any atom is 0.255 e. The third kappa shape index (κ3) is 4.31. The van der Waals surface area contributed by atoms with Crippen molar-refractivity contribution in [2.24, 2.45) is 0 Å². The molecule has 0 aliphatic rings. The second-order valence-corrected chi connectivity index (χ2v) is 7.14. The highest BCUT2D eigenvalue weighted by Crippen LogP contribution is 2.21. The van der Waals surface area contributed by atoms with E-state index in [0.717, 1.165) is 5.56 Å². The topological polar surface area (TPSA) is 75.3 Å². The van der Waals surface area contributed by atoms with E-state index in [1.807, 2.05) is 13.0 Å². The summed E-state index contributed by atoms with van der Waals surface area (Å²) in [6, 6.07) is 11.0. The summed E-state index contributed by atoms with van der Waals surface area (Å²) in [5, 5.41) is 3.29. The van der Waals surface area contributed by atoms with Gasteiger partial charge in [0.2, 0.25) is 10.0 Å². The Bertz CT molecular complexity index is 818. The van der Waals surface area contributed by atoms with Gasteiger partial charge >= 0.3 is 0 Å². The molecule has 2 N–H and O–H groups in total. The van der Waals surface area contributed by atoms with Gasteiger partial charge in [0.25, 0.3) is 5.91 Å². The van der Waals surface area contributed by atoms with E-state index >= 15 is 0 Å². The van der Waals surface area contributed by atoms with Crippen LogP contribution in [-0.4, -0.2) is 20.9 Å². The Labute approximate surface area is 140 Å². The number of amides is 1. The van der Waals surface area contributed by atoms with Crippen molar-refractivity contribution in [2.45, 2.75) is 18.7 Å². The molecule has 0 aliphatic carbocycles. The van der Waals surface area contributed by atoms with Crippen LogP contribution in [0.1, 0.15) is 22.8 Å². The van der Waals surface area contributed by atoms with Crippen LogP contribution in [0, 0.1) is 6.92 Å². The Balaban J connectivity index is 2.19. The number of carbonyl (C=O) groups excluding carboxylic acids is 1. The Kier molecular flexibility index (Phi) is 5.41. The van der Waals surface area contributed by atoms with Gasteiger partial charge < -0.3 is 5.32 Å². The molecular weight excluding hydrogens is 336 g/mol. The number of hydrogen-bond donors (Lipinski definition) is 2. The lowest BCUT2D eigenvalue weighted by atomic mass is 10.1. The molecule has 1 amide bonds. The molecule has 2 aromatic rings. The van der Waals surface area contributed by atoms with Crippen LogP contribution in [0.3, 0.4) is 0 Å². The van der Waals surface area contributed by atoms with E-state index < -0.39 is 10.0 Å². The summed E-state index contributed by atoms with van der Waals surface area (Å²) in [7, 11) is -3.52. The van der Waals surface area contributed by atoms with Gasteiger partial charge in [0.05, 0.1) is 4.90 Å². The van der Waals surface area contributed by atoms with Crippen LogP contribution in [0.25, 0.3) is 0 Å². The molecule has 0 aliphatic heterocycles. The van der Waals surface area contributed by atoms with Crippen molar-refractivity contribution in [2.75, 3.05) is 11.9 Å². The quantitative estimate of drug-likeness (QED) is 0.867. The van der Waals surface area contributed by atoms with Gasteiger partial charge in [-0.05, 0) is 48.9 Å². The maximum atomic E-state index is 12.2. The average molecular weight is 353 g/mol. The van der Waals surface area contributed by atoms with Gasteiger partial charge in [-0.2, -0.15) is 0 Å². The van der Waals surface area contributed by atoms with E-state index in [2.05, 4.69) is 10.0 Å². The summed E-state index contributed by atoms with van der Waals surface area (Å²) in [6.07, 6.45) is 0. The van der Waals surface area contributed by atoms with Crippen LogP contribution in [0.5, 0.6) is 0 Å². The van der Waals surface area contributed by atoms with E-state index in [1.165, 1.54) is 24.3 Å². The Morgan fingerprint density at radius 3 is 2.39 bits per heavy atom. The summed E-state index contributed by atoms with van der Waals surface area (Å²) in [6.45, 7) is 3.86. The summed E-state index contributed by atoms with van der Waals surface area (Å²) in [4.78, 5) is 12.4. The summed E-state index contributed by atoms with van der Waals surface area (Å²) < 4.78 is 26.1. The van der Waals surface area contributed by atoms with E-state index in [1.54, 1.807) is 19.1 Å². The number of halogens is 1. The monoisotopic (exact) mass is 352 g/mol. The molecule has 0 aromatic heterocycles. The van der Waals surface area contributed by atoms with Gasteiger partial charge in [-0.15, -0.1) is 0 Å². The van der Waals surface area contributed by atoms with Gasteiger partial charge in [0.1, 0.15) is 0 Å². The zero-order valence-corrected chi connectivity index (χ0v) is 14.3. The summed E-state index contributed by atoms with van der Waals surface area (Å²) in [5.74, 6) is -0.331. The van der Waals surface area contributed by atoms with Crippen LogP contribution in [0.15, 0.2) is 47.4 Å². The van der Waals surface area contributed by atoms with Gasteiger partial charge in [0.15, 0.2) is 0 Å². The van der Waals surface area contributed by atoms with E-state index in [9.17, 15) is 13.2 Å². The molecule has 0 bridgehead atoms. The molecule has 2 rings (SSSR count). The molecule has 0 saturated carbocycles. The molecule has 2 aromatic carbocycles. The van der Waals surface area contributed by atoms with Crippen LogP contribution < -0.4 is 10.0 Å². The standard InChI is InChI=1S/C16H17ClN2O3S/c1-3-18-23(21,22)14-8-5-12(6-9-14)16(20)19-15-10-13(17)7-4-11(15)2/h4-10,18H,3H2,1-2H3,(H,19,20). The number of carbonyl (C=O) groups is 1. The van der Waals surface area contributed by atoms with Gasteiger partial charge in [-0.3, -0.25) is 4.79 Å². The third-order valence-electron chi connectivity index (χ3n) is 3.21. The number of hydrogen-bond acceptors (Lipinski definition) is 3. The lowest BCUT2D eigenvalue weighted by molar-refractivity contribution is 0.102. The second-order valence-electron chi connectivity index (χ2n) is 4.94. The van der Waals surface area contributed by atoms with Crippen molar-refractivity contribution in [1.29, 1.82) is 0 Å². The molecule has 5 nitrogen and oxygen atoms in total. The lowest BCUT2D eigenvalue weighted by Crippen LogP contribution is -2.23. The second kappa shape index (κ2) is 7.12. The first kappa shape index (κ1) is 17.5. The first-order chi connectivity index (χ1) is 10.8. The minimum absolute atomic E-state index is 0.120. The van der Waals surface area contributed by atoms with E-state index in [4.69, 9.17) is 11.6 Å². The number of aryl methyl sites for hydroxylation is 1. The fourth-order valence-corrected chi connectivity index (χ4v) is 3.20. The van der Waals surface area contributed by atoms with Gasteiger partial charge in [-0.25, -0.2) is 13.1 Å². The molecule has 7 heteroatoms. The summed E-state index contributed by atoms with van der Waals surface area (Å²) >= 11 is 5.92. The molecule has 0 heterocycles. The number of benzene rings is 2. The Hall–Kier alpha value is -1.89. The molecular formula is C16H17ClN2O3S. The predicted molar refractivity (Wildman–Crippen MR) is 91.4 cm³/mol. The number of anilines is 1. The van der Waals surface area contributed by atoms with Gasteiger partial charge in [0, 0.05) is 22.8 Å². The normalized spacial score (nSPS) is 11.3. The Morgan fingerprint density at radius 2 is 1.78 bits per heavy atom. The van der Waals surface area contributed by atoms with Crippen molar-refractivity contribution < 1.29 is 13.2 Å². The largest absolute Gasteiger partial charge is 0.322 e. The van der Waals surface area contributed by atoms with Crippen LogP contribution in [-0.2, 0) is 10.0 Å². The lowest BCUT2D eigenvalue weighted by Gasteiger charge is -2.09. The highest BCUT2D eigenvalue weighted by Gasteiger charge is 2.14. The molecule has 0 atom stereocenters. The zero-order chi connectivity index (χ0) is 17.0. The highest BCUT2D eigenvalue weighted by atomic mass is 35.5. The van der Waals surface area contributed by atoms with Crippen molar-refractivity contribution in [3.8, 4) is 0 Å². The number of nitrogens with one attached hydrogen (secondary N) is 2. The third-order valence-corrected chi connectivity index (χ3v) is 5.01. The highest BCUT2D eigenvalue weighted by molar-refractivity contribution is 7.89. The van der Waals surface area contributed by atoms with Gasteiger partial charge in [-0.1, -0.05) is 24.6 Å². The summed E-state index contributed by atoms with van der Waals surface area (Å²) in [5.41, 5.74) is 1.86. The molecule has 0 radical (unpaired) electrons. The minimum Gasteiger partial charge on any atom is -0.322 e. The molecule has 23 heavy (non-hydrogen) atoms. The van der Waals surface area contributed by atoms with Crippen LogP contribution >= 0.6 is 11.6 Å². The Morgan fingerprint density at radius 1 is 1.13 bits per heavy atom. The molecule has 0 saturated heterocycles. The predicted octanol–water partition coefficient (Wildman–Crippen LogP) is 3.20. The van der Waals surface area contributed by atoms with Crippen molar-refractivity contribution in [3.63, 3.8) is 0 Å². The molecule has 0 unspecified atom stereocenters. The van der Waals surface area contributed by atoms with Crippen molar-refractivity contribution >= 4 is 33.2 Å². The fourth-order valence-electron chi connectivity index (χ4n) is 1.98. The molecule has 122 valence electrons.